The number of aryl methyl sites for hydroxylation is 1. The largest absolute Gasteiger partial charge is 0.454 e. The van der Waals surface area contributed by atoms with Gasteiger partial charge in [0, 0.05) is 22.3 Å². The van der Waals surface area contributed by atoms with Crippen molar-refractivity contribution in [1.82, 2.24) is 4.98 Å². The molecule has 5 rings (SSSR count). The van der Waals surface area contributed by atoms with Gasteiger partial charge in [0.05, 0.1) is 17.0 Å². The number of Topliss-reactive ketones (excluding diaryl/α,β-unsaturated/α-hetero) is 1. The number of benzene rings is 2. The van der Waals surface area contributed by atoms with Crippen molar-refractivity contribution < 1.29 is 19.1 Å². The number of pyridine rings is 1. The zero-order valence-electron chi connectivity index (χ0n) is 16.5. The Hall–Kier alpha value is -3.54. The van der Waals surface area contributed by atoms with E-state index in [9.17, 15) is 14.4 Å². The molecule has 6 heteroatoms. The smallest absolute Gasteiger partial charge is 0.339 e. The third kappa shape index (κ3) is 2.96. The summed E-state index contributed by atoms with van der Waals surface area (Å²) in [4.78, 5) is 42.1. The highest BCUT2D eigenvalue weighted by Gasteiger charge is 2.28. The normalized spacial score (nSPS) is 16.8. The summed E-state index contributed by atoms with van der Waals surface area (Å²) in [5, 5.41) is 3.54. The number of aromatic nitrogens is 1. The Morgan fingerprint density at radius 1 is 1.17 bits per heavy atom. The van der Waals surface area contributed by atoms with Crippen molar-refractivity contribution in [1.29, 1.82) is 0 Å². The lowest BCUT2D eigenvalue weighted by atomic mass is 9.99. The minimum atomic E-state index is -0.494. The highest BCUT2D eigenvalue weighted by Crippen LogP contribution is 2.33. The third-order valence-electron chi connectivity index (χ3n) is 5.95. The fraction of sp³-hybridized carbons (Fsp3) is 0.250. The molecule has 30 heavy (non-hydrogen) atoms. The lowest BCUT2D eigenvalue weighted by molar-refractivity contribution is -0.116. The Kier molecular flexibility index (Phi) is 4.35. The maximum Gasteiger partial charge on any atom is 0.339 e. The number of nitrogens with one attached hydrogen (secondary N) is 1. The van der Waals surface area contributed by atoms with Gasteiger partial charge in [-0.3, -0.25) is 14.6 Å². The lowest BCUT2D eigenvalue weighted by Crippen LogP contribution is -2.16. The number of nitrogens with zero attached hydrogens (tertiary/aromatic N) is 1. The van der Waals surface area contributed by atoms with Crippen LogP contribution in [0.1, 0.15) is 56.8 Å². The number of carbonyl (C=O) groups excluding carboxylic acids is 3. The van der Waals surface area contributed by atoms with Crippen molar-refractivity contribution in [3.63, 3.8) is 0 Å². The van der Waals surface area contributed by atoms with Gasteiger partial charge in [0.1, 0.15) is 0 Å². The van der Waals surface area contributed by atoms with Crippen LogP contribution in [-0.2, 0) is 22.4 Å². The highest BCUT2D eigenvalue weighted by atomic mass is 16.5. The van der Waals surface area contributed by atoms with Crippen molar-refractivity contribution in [3.05, 3.63) is 70.4 Å². The lowest BCUT2D eigenvalue weighted by Gasteiger charge is -2.12. The van der Waals surface area contributed by atoms with Gasteiger partial charge in [-0.05, 0) is 61.6 Å². The molecule has 150 valence electrons. The van der Waals surface area contributed by atoms with Crippen molar-refractivity contribution in [2.24, 2.45) is 0 Å². The molecule has 0 fully saturated rings. The fourth-order valence-electron chi connectivity index (χ4n) is 4.32. The molecule has 0 radical (unpaired) electrons. The van der Waals surface area contributed by atoms with Gasteiger partial charge in [-0.2, -0.15) is 0 Å². The minimum absolute atomic E-state index is 0.0838. The van der Waals surface area contributed by atoms with Gasteiger partial charge in [0.2, 0.25) is 5.91 Å². The molecule has 1 aromatic heterocycles. The number of anilines is 1. The van der Waals surface area contributed by atoms with Crippen LogP contribution in [0, 0.1) is 0 Å². The van der Waals surface area contributed by atoms with Crippen molar-refractivity contribution in [3.8, 4) is 0 Å². The first kappa shape index (κ1) is 18.5. The summed E-state index contributed by atoms with van der Waals surface area (Å²) < 4.78 is 5.45. The maximum absolute atomic E-state index is 13.0. The number of rotatable bonds is 4. The van der Waals surface area contributed by atoms with E-state index in [0.717, 1.165) is 52.7 Å². The van der Waals surface area contributed by atoms with E-state index in [0.29, 0.717) is 11.1 Å². The number of para-hydroxylation sites is 1. The van der Waals surface area contributed by atoms with Crippen molar-refractivity contribution >= 4 is 34.3 Å². The SMILES string of the molecule is C[C@H]1C(=O)Nc2ccc(C(=O)COC(=O)c3c4c(nc5ccccc35)CCC4)cc21. The highest BCUT2D eigenvalue weighted by molar-refractivity contribution is 6.07. The monoisotopic (exact) mass is 400 g/mol. The molecule has 2 aliphatic rings. The van der Waals surface area contributed by atoms with E-state index in [1.165, 1.54) is 0 Å². The first-order valence-corrected chi connectivity index (χ1v) is 10.1. The Bertz CT molecular complexity index is 1230. The Labute approximate surface area is 173 Å². The van der Waals surface area contributed by atoms with Gasteiger partial charge in [0.15, 0.2) is 12.4 Å². The second-order valence-electron chi connectivity index (χ2n) is 7.80. The molecule has 1 N–H and O–H groups in total. The molecule has 0 spiro atoms. The summed E-state index contributed by atoms with van der Waals surface area (Å²) in [5.41, 5.74) is 5.10. The van der Waals surface area contributed by atoms with Crippen LogP contribution in [0.15, 0.2) is 42.5 Å². The molecule has 1 amide bonds. The zero-order valence-corrected chi connectivity index (χ0v) is 16.5. The number of ketones is 1. The number of carbonyl (C=O) groups is 3. The number of esters is 1. The van der Waals surface area contributed by atoms with Crippen LogP contribution in [-0.4, -0.2) is 29.3 Å². The van der Waals surface area contributed by atoms with Gasteiger partial charge in [-0.15, -0.1) is 0 Å². The molecule has 0 saturated carbocycles. The molecule has 1 aliphatic carbocycles. The number of fused-ring (bicyclic) bond motifs is 3. The second kappa shape index (κ2) is 7.06. The summed E-state index contributed by atoms with van der Waals surface area (Å²) >= 11 is 0. The summed E-state index contributed by atoms with van der Waals surface area (Å²) in [6.45, 7) is 1.45. The number of hydrogen-bond donors (Lipinski definition) is 1. The van der Waals surface area contributed by atoms with Gasteiger partial charge < -0.3 is 10.1 Å². The molecule has 2 aromatic carbocycles. The summed E-state index contributed by atoms with van der Waals surface area (Å²) in [7, 11) is 0. The number of amides is 1. The van der Waals surface area contributed by atoms with Gasteiger partial charge >= 0.3 is 5.97 Å². The van der Waals surface area contributed by atoms with Crippen molar-refractivity contribution in [2.75, 3.05) is 11.9 Å². The first-order valence-electron chi connectivity index (χ1n) is 10.1. The van der Waals surface area contributed by atoms with Crippen LogP contribution in [0.25, 0.3) is 10.9 Å². The van der Waals surface area contributed by atoms with Gasteiger partial charge in [-0.25, -0.2) is 4.79 Å². The van der Waals surface area contributed by atoms with Gasteiger partial charge in [-0.1, -0.05) is 18.2 Å². The molecular formula is C24H20N2O4. The van der Waals surface area contributed by atoms with Crippen LogP contribution in [0.4, 0.5) is 5.69 Å². The maximum atomic E-state index is 13.0. The van der Waals surface area contributed by atoms with Crippen LogP contribution in [0.3, 0.4) is 0 Å². The standard InChI is InChI=1S/C24H20N2O4/c1-13-17-11-14(9-10-20(17)26-23(13)28)21(27)12-30-24(29)22-15-5-2-3-7-18(15)25-19-8-4-6-16(19)22/h2-3,5,7,9-11,13H,4,6,8,12H2,1H3,(H,26,28)/t13-/m1/s1. The van der Waals surface area contributed by atoms with E-state index in [1.807, 2.05) is 24.3 Å². The van der Waals surface area contributed by atoms with Crippen LogP contribution < -0.4 is 5.32 Å². The predicted octanol–water partition coefficient (Wildman–Crippen LogP) is 3.82. The van der Waals surface area contributed by atoms with Crippen molar-refractivity contribution in [2.45, 2.75) is 32.1 Å². The van der Waals surface area contributed by atoms with E-state index < -0.39 is 5.97 Å². The quantitative estimate of drug-likeness (QED) is 0.532. The molecule has 0 bridgehead atoms. The van der Waals surface area contributed by atoms with Crippen LogP contribution >= 0.6 is 0 Å². The van der Waals surface area contributed by atoms with Crippen LogP contribution in [0.5, 0.6) is 0 Å². The van der Waals surface area contributed by atoms with E-state index in [2.05, 4.69) is 10.3 Å². The molecule has 2 heterocycles. The second-order valence-corrected chi connectivity index (χ2v) is 7.80. The average Bonchev–Trinajstić information content (AvgIpc) is 3.33. The van der Waals surface area contributed by atoms with E-state index >= 15 is 0 Å². The zero-order chi connectivity index (χ0) is 20.8. The van der Waals surface area contributed by atoms with E-state index in [-0.39, 0.29) is 24.2 Å². The third-order valence-corrected chi connectivity index (χ3v) is 5.95. The summed E-state index contributed by atoms with van der Waals surface area (Å²) in [5.74, 6) is -1.18. The van der Waals surface area contributed by atoms with E-state index in [4.69, 9.17) is 4.74 Å². The molecule has 6 nitrogen and oxygen atoms in total. The number of hydrogen-bond acceptors (Lipinski definition) is 5. The molecule has 0 unspecified atom stereocenters. The van der Waals surface area contributed by atoms with Gasteiger partial charge in [0.25, 0.3) is 0 Å². The molecule has 1 atom stereocenters. The minimum Gasteiger partial charge on any atom is -0.454 e. The molecule has 3 aromatic rings. The molecule has 1 aliphatic heterocycles. The summed E-state index contributed by atoms with van der Waals surface area (Å²) in [6.07, 6.45) is 2.59. The average molecular weight is 400 g/mol. The topological polar surface area (TPSA) is 85.4 Å². The predicted molar refractivity (Wildman–Crippen MR) is 112 cm³/mol. The Balaban J connectivity index is 1.39. The molecular weight excluding hydrogens is 380 g/mol. The molecule has 0 saturated heterocycles. The Morgan fingerprint density at radius 2 is 2.00 bits per heavy atom. The summed E-state index contributed by atoms with van der Waals surface area (Å²) in [6, 6.07) is 12.6. The van der Waals surface area contributed by atoms with E-state index in [1.54, 1.807) is 25.1 Å². The number of ether oxygens (including phenoxy) is 1. The fourth-order valence-corrected chi connectivity index (χ4v) is 4.32. The van der Waals surface area contributed by atoms with Crippen LogP contribution in [0.2, 0.25) is 0 Å². The Morgan fingerprint density at radius 3 is 2.87 bits per heavy atom. The first-order chi connectivity index (χ1) is 14.5.